The van der Waals surface area contributed by atoms with Crippen LogP contribution in [0.5, 0.6) is 0 Å². The molecule has 0 spiro atoms. The smallest absolute Gasteiger partial charge is 0.417 e. The maximum absolute atomic E-state index is 11.9. The molecule has 6 heteroatoms. The van der Waals surface area contributed by atoms with Crippen molar-refractivity contribution < 1.29 is 19.1 Å². The van der Waals surface area contributed by atoms with Crippen LogP contribution in [-0.4, -0.2) is 42.5 Å². The largest absolute Gasteiger partial charge is 0.439 e. The molecule has 1 heterocycles. The molecule has 3 amide bonds. The van der Waals surface area contributed by atoms with Gasteiger partial charge >= 0.3 is 6.09 Å². The maximum atomic E-state index is 11.9. The number of imide groups is 1. The van der Waals surface area contributed by atoms with E-state index in [1.54, 1.807) is 12.1 Å². The van der Waals surface area contributed by atoms with Crippen molar-refractivity contribution in [3.05, 3.63) is 35.4 Å². The van der Waals surface area contributed by atoms with Crippen LogP contribution in [0.3, 0.4) is 0 Å². The molecular weight excluding hydrogens is 272 g/mol. The molecule has 1 aromatic rings. The number of ether oxygens (including phenoxy) is 1. The third kappa shape index (κ3) is 3.81. The molecule has 1 aliphatic rings. The Bertz CT molecular complexity index is 523. The molecule has 0 unspecified atom stereocenters. The van der Waals surface area contributed by atoms with Gasteiger partial charge in [-0.25, -0.2) is 9.69 Å². The van der Waals surface area contributed by atoms with Crippen molar-refractivity contribution in [1.29, 1.82) is 0 Å². The molecule has 0 bridgehead atoms. The van der Waals surface area contributed by atoms with Crippen molar-refractivity contribution in [2.24, 2.45) is 0 Å². The van der Waals surface area contributed by atoms with E-state index in [1.165, 1.54) is 5.56 Å². The van der Waals surface area contributed by atoms with E-state index < -0.39 is 6.09 Å². The standard InChI is InChI=1S/C15H18N2O4/c1-2-3-11-4-6-12(7-5-11)14(19)16-8-9-17-13(18)10-21-15(17)20/h4-7H,2-3,8-10H2,1H3,(H,16,19). The molecule has 1 aliphatic heterocycles. The third-order valence-corrected chi connectivity index (χ3v) is 3.22. The molecule has 6 nitrogen and oxygen atoms in total. The molecule has 2 rings (SSSR count). The number of nitrogens with one attached hydrogen (secondary N) is 1. The fourth-order valence-corrected chi connectivity index (χ4v) is 2.09. The summed E-state index contributed by atoms with van der Waals surface area (Å²) in [5.41, 5.74) is 1.75. The summed E-state index contributed by atoms with van der Waals surface area (Å²) in [7, 11) is 0. The molecule has 0 aliphatic carbocycles. The van der Waals surface area contributed by atoms with Crippen LogP contribution in [0.4, 0.5) is 4.79 Å². The summed E-state index contributed by atoms with van der Waals surface area (Å²) in [6.07, 6.45) is 1.39. The van der Waals surface area contributed by atoms with E-state index in [0.717, 1.165) is 17.7 Å². The van der Waals surface area contributed by atoms with E-state index in [-0.39, 0.29) is 31.5 Å². The van der Waals surface area contributed by atoms with Crippen molar-refractivity contribution in [2.75, 3.05) is 19.7 Å². The van der Waals surface area contributed by atoms with Gasteiger partial charge in [0.2, 0.25) is 0 Å². The van der Waals surface area contributed by atoms with Gasteiger partial charge in [0.25, 0.3) is 11.8 Å². The maximum Gasteiger partial charge on any atom is 0.417 e. The van der Waals surface area contributed by atoms with Gasteiger partial charge in [0.05, 0.1) is 0 Å². The Hall–Kier alpha value is -2.37. The van der Waals surface area contributed by atoms with Gasteiger partial charge in [-0.1, -0.05) is 25.5 Å². The molecule has 1 fully saturated rings. The van der Waals surface area contributed by atoms with Crippen molar-refractivity contribution in [3.63, 3.8) is 0 Å². The summed E-state index contributed by atoms with van der Waals surface area (Å²) in [6.45, 7) is 2.21. The zero-order chi connectivity index (χ0) is 15.2. The lowest BCUT2D eigenvalue weighted by Crippen LogP contribution is -2.37. The Balaban J connectivity index is 1.81. The second-order valence-electron chi connectivity index (χ2n) is 4.80. The summed E-state index contributed by atoms with van der Waals surface area (Å²) < 4.78 is 4.58. The zero-order valence-electron chi connectivity index (χ0n) is 11.9. The fraction of sp³-hybridized carbons (Fsp3) is 0.400. The highest BCUT2D eigenvalue weighted by Gasteiger charge is 2.30. The van der Waals surface area contributed by atoms with Crippen molar-refractivity contribution in [2.45, 2.75) is 19.8 Å². The minimum Gasteiger partial charge on any atom is -0.439 e. The van der Waals surface area contributed by atoms with Crippen molar-refractivity contribution in [1.82, 2.24) is 10.2 Å². The van der Waals surface area contributed by atoms with Crippen LogP contribution in [-0.2, 0) is 16.0 Å². The number of nitrogens with zero attached hydrogens (tertiary/aromatic N) is 1. The molecule has 21 heavy (non-hydrogen) atoms. The Labute approximate surface area is 123 Å². The van der Waals surface area contributed by atoms with Gasteiger partial charge in [0.1, 0.15) is 0 Å². The molecule has 0 radical (unpaired) electrons. The van der Waals surface area contributed by atoms with E-state index in [2.05, 4.69) is 17.0 Å². The van der Waals surface area contributed by atoms with Crippen LogP contribution < -0.4 is 5.32 Å². The third-order valence-electron chi connectivity index (χ3n) is 3.22. The minimum atomic E-state index is -0.654. The van der Waals surface area contributed by atoms with Crippen LogP contribution in [0.1, 0.15) is 29.3 Å². The van der Waals surface area contributed by atoms with Crippen LogP contribution in [0, 0.1) is 0 Å². The first kappa shape index (κ1) is 15.0. The van der Waals surface area contributed by atoms with E-state index in [9.17, 15) is 14.4 Å². The lowest BCUT2D eigenvalue weighted by atomic mass is 10.1. The number of amides is 3. The quantitative estimate of drug-likeness (QED) is 0.858. The van der Waals surface area contributed by atoms with Crippen molar-refractivity contribution >= 4 is 17.9 Å². The van der Waals surface area contributed by atoms with E-state index >= 15 is 0 Å². The summed E-state index contributed by atoms with van der Waals surface area (Å²) in [5.74, 6) is -0.601. The number of aryl methyl sites for hydroxylation is 1. The first-order valence-corrected chi connectivity index (χ1v) is 6.96. The van der Waals surface area contributed by atoms with Crippen LogP contribution in [0.15, 0.2) is 24.3 Å². The first-order valence-electron chi connectivity index (χ1n) is 6.96. The normalized spacial score (nSPS) is 14.2. The van der Waals surface area contributed by atoms with E-state index in [4.69, 9.17) is 0 Å². The minimum absolute atomic E-state index is 0.122. The molecule has 1 N–H and O–H groups in total. The highest BCUT2D eigenvalue weighted by Crippen LogP contribution is 2.07. The lowest BCUT2D eigenvalue weighted by molar-refractivity contribution is -0.125. The van der Waals surface area contributed by atoms with Gasteiger partial charge in [0, 0.05) is 18.7 Å². The molecular formula is C15H18N2O4. The Kier molecular flexibility index (Phi) is 4.92. The SMILES string of the molecule is CCCc1ccc(C(=O)NCCN2C(=O)COC2=O)cc1. The zero-order valence-corrected chi connectivity index (χ0v) is 11.9. The number of carbonyl (C=O) groups is 3. The van der Waals surface area contributed by atoms with Crippen LogP contribution in [0.2, 0.25) is 0 Å². The van der Waals surface area contributed by atoms with Crippen LogP contribution >= 0.6 is 0 Å². The number of benzene rings is 1. The number of carbonyl (C=O) groups excluding carboxylic acids is 3. The summed E-state index contributed by atoms with van der Waals surface area (Å²) in [4.78, 5) is 35.4. The second kappa shape index (κ2) is 6.88. The van der Waals surface area contributed by atoms with Crippen molar-refractivity contribution in [3.8, 4) is 0 Å². The van der Waals surface area contributed by atoms with Gasteiger partial charge in [-0.05, 0) is 24.1 Å². The molecule has 0 atom stereocenters. The van der Waals surface area contributed by atoms with Gasteiger partial charge in [-0.2, -0.15) is 0 Å². The predicted octanol–water partition coefficient (Wildman–Crippen LogP) is 1.35. The Morgan fingerprint density at radius 1 is 1.29 bits per heavy atom. The lowest BCUT2D eigenvalue weighted by Gasteiger charge is -2.11. The first-order chi connectivity index (χ1) is 10.1. The molecule has 1 saturated heterocycles. The second-order valence-corrected chi connectivity index (χ2v) is 4.80. The average Bonchev–Trinajstić information content (AvgIpc) is 2.80. The summed E-state index contributed by atoms with van der Waals surface area (Å²) >= 11 is 0. The highest BCUT2D eigenvalue weighted by atomic mass is 16.6. The molecule has 1 aromatic carbocycles. The van der Waals surface area contributed by atoms with Gasteiger partial charge in [-0.15, -0.1) is 0 Å². The van der Waals surface area contributed by atoms with Gasteiger partial charge in [-0.3, -0.25) is 9.59 Å². The number of hydrogen-bond acceptors (Lipinski definition) is 4. The molecule has 112 valence electrons. The molecule has 0 aromatic heterocycles. The van der Waals surface area contributed by atoms with E-state index in [0.29, 0.717) is 5.56 Å². The molecule has 0 saturated carbocycles. The summed E-state index contributed by atoms with van der Waals surface area (Å²) in [6, 6.07) is 7.41. The fourth-order valence-electron chi connectivity index (χ4n) is 2.09. The highest BCUT2D eigenvalue weighted by molar-refractivity contribution is 5.98. The Morgan fingerprint density at radius 3 is 2.57 bits per heavy atom. The monoisotopic (exact) mass is 290 g/mol. The number of cyclic esters (lactones) is 1. The average molecular weight is 290 g/mol. The summed E-state index contributed by atoms with van der Waals surface area (Å²) in [5, 5.41) is 2.68. The van der Waals surface area contributed by atoms with E-state index in [1.807, 2.05) is 12.1 Å². The number of hydrogen-bond donors (Lipinski definition) is 1. The predicted molar refractivity (Wildman–Crippen MR) is 75.8 cm³/mol. The van der Waals surface area contributed by atoms with Gasteiger partial charge in [0.15, 0.2) is 6.61 Å². The topological polar surface area (TPSA) is 75.7 Å². The number of rotatable bonds is 6. The van der Waals surface area contributed by atoms with Gasteiger partial charge < -0.3 is 10.1 Å². The van der Waals surface area contributed by atoms with Crippen LogP contribution in [0.25, 0.3) is 0 Å². The Morgan fingerprint density at radius 2 is 2.00 bits per heavy atom.